The van der Waals surface area contributed by atoms with Crippen molar-refractivity contribution in [3.05, 3.63) is 101 Å². The Morgan fingerprint density at radius 1 is 0.487 bits per heavy atom. The molecule has 0 aliphatic carbocycles. The van der Waals surface area contributed by atoms with Crippen molar-refractivity contribution < 1.29 is 111 Å². The van der Waals surface area contributed by atoms with Crippen LogP contribution in [0.4, 0.5) is 56.9 Å². The molecular formula is C38H26N10O25S7. The molecule has 0 aromatic heterocycles. The third-order valence-corrected chi connectivity index (χ3v) is 15.5. The number of nitrogen functional groups attached to an aromatic ring is 1. The first-order valence-corrected chi connectivity index (χ1v) is 28.1. The Kier molecular flexibility index (Phi) is 18.5. The highest BCUT2D eigenvalue weighted by Gasteiger charge is 2.30. The number of nitrogens with zero attached hydrogens (tertiary/aromatic N) is 9. The van der Waals surface area contributed by atoms with Crippen molar-refractivity contribution in [2.45, 2.75) is 34.3 Å². The topological polar surface area (TPSA) is 542 Å². The van der Waals surface area contributed by atoms with E-state index in [0.717, 1.165) is 42.5 Å². The molecule has 7 aromatic rings. The smallest absolute Gasteiger partial charge is 0.297 e. The molecule has 35 nitrogen and oxygen atoms in total. The first kappa shape index (κ1) is 60.2. The molecule has 0 saturated carbocycles. The summed E-state index contributed by atoms with van der Waals surface area (Å²) in [4.78, 5) is 6.19. The van der Waals surface area contributed by atoms with E-state index in [1.54, 1.807) is 0 Å². The molecule has 420 valence electrons. The van der Waals surface area contributed by atoms with Gasteiger partial charge in [0.25, 0.3) is 46.2 Å². The van der Waals surface area contributed by atoms with E-state index in [2.05, 4.69) is 69.0 Å². The zero-order valence-electron chi connectivity index (χ0n) is 38.2. The minimum atomic E-state index is -5.64. The number of anilines is 1. The number of fused-ring (bicyclic) bond motifs is 2. The van der Waals surface area contributed by atoms with Crippen molar-refractivity contribution >= 4 is 155 Å². The van der Waals surface area contributed by atoms with Gasteiger partial charge in [-0.2, -0.15) is 43.9 Å². The number of benzene rings is 7. The fourth-order valence-electron chi connectivity index (χ4n) is 6.76. The molecule has 0 spiro atoms. The van der Waals surface area contributed by atoms with Crippen LogP contribution in [-0.2, 0) is 68.6 Å². The molecule has 0 amide bonds. The van der Waals surface area contributed by atoms with Crippen molar-refractivity contribution in [2.75, 3.05) is 5.73 Å². The zero-order valence-corrected chi connectivity index (χ0v) is 43.9. The summed E-state index contributed by atoms with van der Waals surface area (Å²) in [5.74, 6) is -2.33. The van der Waals surface area contributed by atoms with Crippen LogP contribution < -0.4 is 5.73 Å². The average molecular weight is 1250 g/mol. The van der Waals surface area contributed by atoms with Crippen LogP contribution in [0.15, 0.2) is 166 Å². The molecular weight excluding hydrogens is 1220 g/mol. The van der Waals surface area contributed by atoms with Gasteiger partial charge in [-0.05, 0) is 84.9 Å². The number of nitro benzene ring substituents is 1. The second-order valence-electron chi connectivity index (χ2n) is 14.8. The standard InChI is InChI=1S/C38H26N10O25S7/c39-33-26(15-30(78(59,60)61)22-13-29(76-73-70-55)34(37(50)32(22)33)46-42-23-9-4-18(74-71-68-53)12-27(23)48(51)52)45-44-25-10-7-20-21(38(25)80(65,66)67)14-31(79(62,63)64)35(36(20)49)47-43-24-8-3-17(11-28(24)75-72-69-54)41-40-16-1-5-19(6-2-16)77(56,57)58/h1-15,49-50,53-55H,39H2,(H,56,57,58)(H,59,60,61)(H,62,63,64)(H,65,66,67). The quantitative estimate of drug-likeness (QED) is 0.00573. The molecule has 0 radical (unpaired) electrons. The van der Waals surface area contributed by atoms with Gasteiger partial charge in [0.1, 0.15) is 43.1 Å². The van der Waals surface area contributed by atoms with Gasteiger partial charge >= 0.3 is 0 Å². The van der Waals surface area contributed by atoms with E-state index < -0.39 is 143 Å². The van der Waals surface area contributed by atoms with Crippen LogP contribution in [0, 0.1) is 10.1 Å². The fraction of sp³-hybridized carbons (Fsp3) is 0. The number of nitrogens with two attached hydrogens (primary N) is 1. The molecule has 7 aromatic carbocycles. The third kappa shape index (κ3) is 13.8. The van der Waals surface area contributed by atoms with Gasteiger partial charge in [0, 0.05) is 27.1 Å². The molecule has 0 aliphatic heterocycles. The van der Waals surface area contributed by atoms with Crippen molar-refractivity contribution in [2.24, 2.45) is 40.9 Å². The van der Waals surface area contributed by atoms with Crippen LogP contribution >= 0.6 is 36.1 Å². The lowest BCUT2D eigenvalue weighted by molar-refractivity contribution is -0.432. The van der Waals surface area contributed by atoms with Crippen molar-refractivity contribution in [1.29, 1.82) is 0 Å². The highest BCUT2D eigenvalue weighted by atomic mass is 32.2. The van der Waals surface area contributed by atoms with Crippen molar-refractivity contribution in [1.82, 2.24) is 0 Å². The van der Waals surface area contributed by atoms with Crippen LogP contribution in [0.25, 0.3) is 21.5 Å². The molecule has 0 heterocycles. The van der Waals surface area contributed by atoms with E-state index in [-0.39, 0.29) is 50.9 Å². The molecule has 0 aliphatic rings. The maximum Gasteiger partial charge on any atom is 0.297 e. The predicted octanol–water partition coefficient (Wildman–Crippen LogP) is 10.8. The van der Waals surface area contributed by atoms with E-state index in [0.29, 0.717) is 24.2 Å². The molecule has 11 N–H and O–H groups in total. The highest BCUT2D eigenvalue weighted by molar-refractivity contribution is 7.95. The monoisotopic (exact) mass is 1250 g/mol. The van der Waals surface area contributed by atoms with Crippen LogP contribution in [0.1, 0.15) is 0 Å². The van der Waals surface area contributed by atoms with Gasteiger partial charge in [0.15, 0.2) is 17.2 Å². The summed E-state index contributed by atoms with van der Waals surface area (Å²) >= 11 is 0.667. The minimum absolute atomic E-state index is 0.00752. The highest BCUT2D eigenvalue weighted by Crippen LogP contribution is 2.51. The normalized spacial score (nSPS) is 12.8. The van der Waals surface area contributed by atoms with Gasteiger partial charge in [0.05, 0.1) is 78.2 Å². The Labute approximate surface area is 457 Å². The lowest BCUT2D eigenvalue weighted by Gasteiger charge is -2.15. The van der Waals surface area contributed by atoms with Gasteiger partial charge < -0.3 is 15.9 Å². The minimum Gasteiger partial charge on any atom is -0.505 e. The lowest BCUT2D eigenvalue weighted by atomic mass is 10.0. The third-order valence-electron chi connectivity index (χ3n) is 10.0. The first-order valence-electron chi connectivity index (χ1n) is 20.1. The maximum absolute atomic E-state index is 13.1. The number of azo groups is 4. The van der Waals surface area contributed by atoms with E-state index in [1.807, 2.05) is 0 Å². The van der Waals surface area contributed by atoms with E-state index >= 15 is 0 Å². The number of rotatable bonds is 22. The first-order chi connectivity index (χ1) is 37.7. The van der Waals surface area contributed by atoms with E-state index in [1.165, 1.54) is 36.4 Å². The molecule has 0 bridgehead atoms. The molecule has 42 heteroatoms. The molecule has 0 fully saturated rings. The van der Waals surface area contributed by atoms with Gasteiger partial charge in [-0.15, -0.1) is 43.7 Å². The van der Waals surface area contributed by atoms with Crippen LogP contribution in [0.5, 0.6) is 11.5 Å². The zero-order chi connectivity index (χ0) is 58.5. The van der Waals surface area contributed by atoms with Crippen molar-refractivity contribution in [3.8, 4) is 11.5 Å². The second-order valence-corrected chi connectivity index (χ2v) is 22.6. The summed E-state index contributed by atoms with van der Waals surface area (Å²) < 4.78 is 154. The Bertz CT molecular complexity index is 4230. The summed E-state index contributed by atoms with van der Waals surface area (Å²) in [5.41, 5.74) is 0.765. The summed E-state index contributed by atoms with van der Waals surface area (Å²) in [6.07, 6.45) is 0. The number of hydrogen-bond donors (Lipinski definition) is 10. The Balaban J connectivity index is 1.34. The number of hydrogen-bond acceptors (Lipinski definition) is 33. The van der Waals surface area contributed by atoms with Crippen LogP contribution in [0.2, 0.25) is 0 Å². The molecule has 0 unspecified atom stereocenters. The predicted molar refractivity (Wildman–Crippen MR) is 270 cm³/mol. The maximum atomic E-state index is 13.1. The fourth-order valence-corrected chi connectivity index (χ4v) is 10.8. The summed E-state index contributed by atoms with van der Waals surface area (Å²) in [5, 5.41) is 99.6. The molecule has 7 rings (SSSR count). The van der Waals surface area contributed by atoms with Gasteiger partial charge in [0.2, 0.25) is 0 Å². The van der Waals surface area contributed by atoms with Gasteiger partial charge in [-0.3, -0.25) is 28.3 Å². The van der Waals surface area contributed by atoms with Gasteiger partial charge in [-0.25, -0.2) is 15.8 Å². The SMILES string of the molecule is Nc1c(N=Nc2ccc3c(O)c(N=Nc4ccc(N=Nc5ccc(S(=O)(=O)O)cc5)cc4SOOO)c(S(=O)(=O)O)cc3c2S(=O)(=O)O)cc(S(=O)(=O)O)c2cc(SOOO)c(N=Nc3ccc(SOOO)cc3[N+](=O)[O-])c(O)c12. The largest absolute Gasteiger partial charge is 0.505 e. The number of phenols is 2. The number of phenolic OH excluding ortho intramolecular Hbond substituents is 2. The van der Waals surface area contributed by atoms with Crippen LogP contribution in [-0.4, -0.2) is 82.8 Å². The summed E-state index contributed by atoms with van der Waals surface area (Å²) in [6.45, 7) is 0. The summed E-state index contributed by atoms with van der Waals surface area (Å²) in [7, 11) is -21.1. The van der Waals surface area contributed by atoms with E-state index in [4.69, 9.17) is 21.5 Å². The molecule has 0 atom stereocenters. The van der Waals surface area contributed by atoms with Crippen molar-refractivity contribution in [3.63, 3.8) is 0 Å². The molecule has 80 heavy (non-hydrogen) atoms. The lowest BCUT2D eigenvalue weighted by Crippen LogP contribution is -2.03. The Hall–Kier alpha value is -7.41. The summed E-state index contributed by atoms with van der Waals surface area (Å²) in [6, 6.07) is 14.7. The second kappa shape index (κ2) is 24.5. The Morgan fingerprint density at radius 2 is 1.04 bits per heavy atom. The van der Waals surface area contributed by atoms with E-state index in [9.17, 15) is 72.2 Å². The number of aromatic hydroxyl groups is 2. The Morgan fingerprint density at radius 3 is 1.65 bits per heavy atom. The molecule has 0 saturated heterocycles. The van der Waals surface area contributed by atoms with Gasteiger partial charge in [-0.1, -0.05) is 15.1 Å². The number of nitro groups is 1. The average Bonchev–Trinajstić information content (AvgIpc) is 3.51. The van der Waals surface area contributed by atoms with Crippen LogP contribution in [0.3, 0.4) is 0 Å².